The molecule has 4 N–H and O–H groups in total. The number of unbranched alkanes of at least 4 members (excludes halogenated alkanes) is 2. The molecule has 0 saturated carbocycles. The number of likely N-dealkylation sites (N-methyl/N-ethyl adjacent to an activating group) is 1. The number of carbonyl (C=O) groups is 5. The first-order valence-corrected chi connectivity index (χ1v) is 14.5. The molecular weight excluding hydrogens is 546 g/mol. The van der Waals surface area contributed by atoms with E-state index >= 15 is 0 Å². The summed E-state index contributed by atoms with van der Waals surface area (Å²) in [5.74, 6) is -0.728. The van der Waals surface area contributed by atoms with Gasteiger partial charge in [-0.05, 0) is 37.9 Å². The lowest BCUT2D eigenvalue weighted by atomic mass is 10.1. The topological polar surface area (TPSA) is 164 Å². The number of anilines is 1. The number of nitrogens with zero attached hydrogens (tertiary/aromatic N) is 1. The fraction of sp³-hybridized carbons (Fsp3) is 0.621. The number of fused-ring (bicyclic) bond motifs is 1. The lowest BCUT2D eigenvalue weighted by Crippen LogP contribution is -2.46. The van der Waals surface area contributed by atoms with E-state index in [9.17, 15) is 24.0 Å². The summed E-state index contributed by atoms with van der Waals surface area (Å²) in [7, 11) is 1.50. The van der Waals surface area contributed by atoms with Gasteiger partial charge in [0, 0.05) is 56.3 Å². The molecule has 1 atom stereocenters. The molecule has 0 radical (unpaired) electrons. The minimum absolute atomic E-state index is 0.122. The number of amides is 4. The molecule has 1 unspecified atom stereocenters. The molecule has 0 aromatic heterocycles. The molecule has 0 fully saturated rings. The van der Waals surface area contributed by atoms with Crippen molar-refractivity contribution < 1.29 is 38.2 Å². The normalized spacial score (nSPS) is 13.0. The molecule has 42 heavy (non-hydrogen) atoms. The van der Waals surface area contributed by atoms with E-state index in [-0.39, 0.29) is 37.1 Å². The zero-order chi connectivity index (χ0) is 30.4. The molecule has 4 amide bonds. The summed E-state index contributed by atoms with van der Waals surface area (Å²) in [6, 6.07) is 4.42. The van der Waals surface area contributed by atoms with Crippen LogP contribution in [0.2, 0.25) is 0 Å². The fourth-order valence-corrected chi connectivity index (χ4v) is 4.47. The predicted molar refractivity (Wildman–Crippen MR) is 156 cm³/mol. The van der Waals surface area contributed by atoms with Crippen molar-refractivity contribution in [1.82, 2.24) is 20.9 Å². The van der Waals surface area contributed by atoms with Gasteiger partial charge in [0.05, 0.1) is 39.6 Å². The molecule has 13 nitrogen and oxygen atoms in total. The third-order valence-electron chi connectivity index (χ3n) is 6.65. The van der Waals surface area contributed by atoms with Crippen molar-refractivity contribution in [3.05, 3.63) is 29.3 Å². The van der Waals surface area contributed by atoms with Gasteiger partial charge in [-0.15, -0.1) is 0 Å². The molecule has 1 heterocycles. The first-order valence-electron chi connectivity index (χ1n) is 14.5. The van der Waals surface area contributed by atoms with Gasteiger partial charge in [0.1, 0.15) is 12.3 Å². The molecule has 0 aliphatic carbocycles. The summed E-state index contributed by atoms with van der Waals surface area (Å²) in [5.41, 5.74) is 1.72. The number of hydrogen-bond donors (Lipinski definition) is 4. The van der Waals surface area contributed by atoms with Gasteiger partial charge in [-0.1, -0.05) is 12.5 Å². The molecule has 1 aliphatic rings. The number of ether oxygens (including phenoxy) is 3. The van der Waals surface area contributed by atoms with Crippen LogP contribution in [0.25, 0.3) is 0 Å². The standard InChI is InChI=1S/C29H45N5O8/c1-30-28(38)26(9-6-14-35)34-21-24-23(29(34)39)7-5-8-25(24)33-27(37)10-3-2-4-11-31-12-15-40-17-19-42-20-18-41-16-13-32-22-36/h5,7-8,14,22,26,31H,2-4,6,9-13,15-21H2,1H3,(H,30,38)(H,32,36)(H,33,37). The summed E-state index contributed by atoms with van der Waals surface area (Å²) >= 11 is 0. The number of nitrogens with one attached hydrogen (secondary N) is 4. The van der Waals surface area contributed by atoms with Gasteiger partial charge in [-0.25, -0.2) is 0 Å². The molecule has 0 saturated heterocycles. The average Bonchev–Trinajstić information content (AvgIpc) is 3.33. The molecule has 0 bridgehead atoms. The summed E-state index contributed by atoms with van der Waals surface area (Å²) in [6.07, 6.45) is 4.72. The van der Waals surface area contributed by atoms with Crippen LogP contribution >= 0.6 is 0 Å². The smallest absolute Gasteiger partial charge is 0.255 e. The van der Waals surface area contributed by atoms with Crippen LogP contribution in [0.1, 0.15) is 54.4 Å². The second kappa shape index (κ2) is 21.3. The monoisotopic (exact) mass is 591 g/mol. The molecule has 1 aromatic rings. The average molecular weight is 592 g/mol. The minimum Gasteiger partial charge on any atom is -0.378 e. The zero-order valence-electron chi connectivity index (χ0n) is 24.5. The van der Waals surface area contributed by atoms with Gasteiger partial charge >= 0.3 is 0 Å². The Morgan fingerprint density at radius 3 is 2.36 bits per heavy atom. The molecule has 0 spiro atoms. The van der Waals surface area contributed by atoms with Gasteiger partial charge in [0.2, 0.25) is 18.2 Å². The van der Waals surface area contributed by atoms with Gasteiger partial charge in [0.25, 0.3) is 5.91 Å². The Hall–Kier alpha value is -3.39. The molecule has 1 aliphatic heterocycles. The third-order valence-corrected chi connectivity index (χ3v) is 6.65. The maximum atomic E-state index is 13.0. The Bertz CT molecular complexity index is 993. The highest BCUT2D eigenvalue weighted by atomic mass is 16.5. The van der Waals surface area contributed by atoms with Crippen molar-refractivity contribution >= 4 is 36.1 Å². The SMILES string of the molecule is CNC(=O)C(CCC=O)N1Cc2c(NC(=O)CCCCCNCCOCCOCCOCCNC=O)cccc2C1=O. The lowest BCUT2D eigenvalue weighted by molar-refractivity contribution is -0.125. The maximum Gasteiger partial charge on any atom is 0.255 e. The van der Waals surface area contributed by atoms with Crippen molar-refractivity contribution in [2.75, 3.05) is 71.6 Å². The predicted octanol–water partition coefficient (Wildman–Crippen LogP) is 0.620. The number of rotatable bonds is 25. The second-order valence-corrected chi connectivity index (χ2v) is 9.66. The Labute approximate surface area is 247 Å². The van der Waals surface area contributed by atoms with Crippen LogP contribution < -0.4 is 21.3 Å². The van der Waals surface area contributed by atoms with E-state index in [1.165, 1.54) is 11.9 Å². The Morgan fingerprint density at radius 2 is 1.67 bits per heavy atom. The summed E-state index contributed by atoms with van der Waals surface area (Å²) < 4.78 is 16.2. The van der Waals surface area contributed by atoms with E-state index in [1.807, 2.05) is 0 Å². The van der Waals surface area contributed by atoms with Crippen LogP contribution in [0.5, 0.6) is 0 Å². The number of aldehydes is 1. The molecule has 13 heteroatoms. The van der Waals surface area contributed by atoms with Crippen LogP contribution in [0.3, 0.4) is 0 Å². The second-order valence-electron chi connectivity index (χ2n) is 9.66. The van der Waals surface area contributed by atoms with Gasteiger partial charge in [0.15, 0.2) is 0 Å². The fourth-order valence-electron chi connectivity index (χ4n) is 4.47. The molecule has 234 valence electrons. The maximum absolute atomic E-state index is 13.0. The molecular formula is C29H45N5O8. The van der Waals surface area contributed by atoms with E-state index in [1.54, 1.807) is 18.2 Å². The summed E-state index contributed by atoms with van der Waals surface area (Å²) in [6.45, 7) is 5.26. The highest BCUT2D eigenvalue weighted by Gasteiger charge is 2.37. The van der Waals surface area contributed by atoms with E-state index in [0.29, 0.717) is 75.8 Å². The largest absolute Gasteiger partial charge is 0.378 e. The van der Waals surface area contributed by atoms with E-state index in [4.69, 9.17) is 14.2 Å². The number of benzene rings is 1. The molecule has 1 aromatic carbocycles. The van der Waals surface area contributed by atoms with Gasteiger partial charge in [-0.3, -0.25) is 19.2 Å². The van der Waals surface area contributed by atoms with Crippen LogP contribution in [-0.2, 0) is 39.9 Å². The van der Waals surface area contributed by atoms with Crippen LogP contribution in [0.15, 0.2) is 18.2 Å². The van der Waals surface area contributed by atoms with Crippen molar-refractivity contribution in [2.24, 2.45) is 0 Å². The summed E-state index contributed by atoms with van der Waals surface area (Å²) in [5, 5.41) is 11.3. The van der Waals surface area contributed by atoms with E-state index < -0.39 is 6.04 Å². The highest BCUT2D eigenvalue weighted by molar-refractivity contribution is 6.04. The Morgan fingerprint density at radius 1 is 0.952 bits per heavy atom. The van der Waals surface area contributed by atoms with E-state index in [2.05, 4.69) is 21.3 Å². The highest BCUT2D eigenvalue weighted by Crippen LogP contribution is 2.31. The zero-order valence-corrected chi connectivity index (χ0v) is 24.5. The number of carbonyl (C=O) groups excluding carboxylic acids is 5. The number of hydrogen-bond acceptors (Lipinski definition) is 9. The van der Waals surface area contributed by atoms with E-state index in [0.717, 1.165) is 38.6 Å². The van der Waals surface area contributed by atoms with Crippen molar-refractivity contribution in [3.63, 3.8) is 0 Å². The summed E-state index contributed by atoms with van der Waals surface area (Å²) in [4.78, 5) is 60.4. The lowest BCUT2D eigenvalue weighted by Gasteiger charge is -2.25. The Kier molecular flexibility index (Phi) is 17.7. The minimum atomic E-state index is -0.752. The van der Waals surface area contributed by atoms with Crippen LogP contribution in [0.4, 0.5) is 5.69 Å². The van der Waals surface area contributed by atoms with Crippen LogP contribution in [-0.4, -0.2) is 108 Å². The van der Waals surface area contributed by atoms with Crippen LogP contribution in [0, 0.1) is 0 Å². The Balaban J connectivity index is 1.56. The van der Waals surface area contributed by atoms with Crippen molar-refractivity contribution in [3.8, 4) is 0 Å². The third kappa shape index (κ3) is 12.6. The van der Waals surface area contributed by atoms with Gasteiger partial charge in [-0.2, -0.15) is 0 Å². The van der Waals surface area contributed by atoms with Crippen molar-refractivity contribution in [2.45, 2.75) is 51.1 Å². The van der Waals surface area contributed by atoms with Gasteiger partial charge < -0.3 is 45.2 Å². The quantitative estimate of drug-likeness (QED) is 0.0943. The first-order chi connectivity index (χ1) is 20.5. The molecule has 2 rings (SSSR count). The first kappa shape index (κ1) is 34.8. The van der Waals surface area contributed by atoms with Crippen molar-refractivity contribution in [1.29, 1.82) is 0 Å².